The Hall–Kier alpha value is -0.610. The third kappa shape index (κ3) is 4.07. The molecule has 0 radical (unpaired) electrons. The van der Waals surface area contributed by atoms with Gasteiger partial charge in [-0.2, -0.15) is 0 Å². The van der Waals surface area contributed by atoms with Crippen molar-refractivity contribution in [3.63, 3.8) is 0 Å². The number of nitrogens with zero attached hydrogens (tertiary/aromatic N) is 2. The summed E-state index contributed by atoms with van der Waals surface area (Å²) in [6, 6.07) is 0. The number of esters is 1. The molecule has 1 aliphatic heterocycles. The van der Waals surface area contributed by atoms with Crippen LogP contribution < -0.4 is 0 Å². The van der Waals surface area contributed by atoms with Gasteiger partial charge in [0, 0.05) is 13.1 Å². The van der Waals surface area contributed by atoms with Gasteiger partial charge in [0.2, 0.25) is 0 Å². The average Bonchev–Trinajstić information content (AvgIpc) is 2.67. The fourth-order valence-electron chi connectivity index (χ4n) is 1.68. The van der Waals surface area contributed by atoms with Crippen LogP contribution in [0.4, 0.5) is 0 Å². The first-order valence-electron chi connectivity index (χ1n) is 5.20. The Morgan fingerprint density at radius 3 is 2.64 bits per heavy atom. The van der Waals surface area contributed by atoms with Gasteiger partial charge in [-0.25, -0.2) is 0 Å². The molecule has 0 amide bonds. The lowest BCUT2D eigenvalue weighted by molar-refractivity contribution is -0.141. The minimum absolute atomic E-state index is 0.158. The Kier molecular flexibility index (Phi) is 4.90. The van der Waals surface area contributed by atoms with E-state index in [0.717, 1.165) is 13.1 Å². The van der Waals surface area contributed by atoms with E-state index in [-0.39, 0.29) is 5.97 Å². The smallest absolute Gasteiger partial charge is 0.319 e. The number of ether oxygens (including phenoxy) is 1. The van der Waals surface area contributed by atoms with Crippen molar-refractivity contribution in [3.8, 4) is 0 Å². The van der Waals surface area contributed by atoms with Gasteiger partial charge in [0.05, 0.1) is 13.7 Å². The molecule has 14 heavy (non-hydrogen) atoms. The maximum Gasteiger partial charge on any atom is 0.319 e. The van der Waals surface area contributed by atoms with Crippen LogP contribution in [0.5, 0.6) is 0 Å². The van der Waals surface area contributed by atoms with Gasteiger partial charge in [0.15, 0.2) is 0 Å². The number of hydrogen-bond donors (Lipinski definition) is 0. The summed E-state index contributed by atoms with van der Waals surface area (Å²) in [4.78, 5) is 15.4. The number of carbonyl (C=O) groups excluding carboxylic acids is 1. The number of likely N-dealkylation sites (tertiary alicyclic amines) is 1. The first-order valence-corrected chi connectivity index (χ1v) is 5.20. The Balaban J connectivity index is 2.07. The monoisotopic (exact) mass is 200 g/mol. The van der Waals surface area contributed by atoms with Gasteiger partial charge in [-0.3, -0.25) is 9.69 Å². The summed E-state index contributed by atoms with van der Waals surface area (Å²) in [5.41, 5.74) is 0. The molecule has 1 aliphatic rings. The molecular weight excluding hydrogens is 180 g/mol. The van der Waals surface area contributed by atoms with Crippen LogP contribution in [0.3, 0.4) is 0 Å². The second kappa shape index (κ2) is 5.98. The van der Waals surface area contributed by atoms with Gasteiger partial charge in [-0.15, -0.1) is 0 Å². The lowest BCUT2D eigenvalue weighted by Gasteiger charge is -2.20. The van der Waals surface area contributed by atoms with Gasteiger partial charge in [-0.05, 0) is 33.0 Å². The number of likely N-dealkylation sites (N-methyl/N-ethyl adjacent to an activating group) is 1. The molecule has 0 aliphatic carbocycles. The van der Waals surface area contributed by atoms with E-state index in [0.29, 0.717) is 6.54 Å². The highest BCUT2D eigenvalue weighted by Gasteiger charge is 2.12. The molecule has 1 fully saturated rings. The standard InChI is InChI=1S/C10H20N2O2/c1-11(9-10(13)14-2)7-8-12-5-3-4-6-12/h3-9H2,1-2H3. The predicted molar refractivity (Wildman–Crippen MR) is 55.2 cm³/mol. The zero-order valence-corrected chi connectivity index (χ0v) is 9.16. The van der Waals surface area contributed by atoms with Crippen LogP contribution in [0.1, 0.15) is 12.8 Å². The van der Waals surface area contributed by atoms with Gasteiger partial charge < -0.3 is 9.64 Å². The van der Waals surface area contributed by atoms with Crippen LogP contribution in [-0.2, 0) is 9.53 Å². The highest BCUT2D eigenvalue weighted by Crippen LogP contribution is 2.06. The van der Waals surface area contributed by atoms with Crippen LogP contribution in [-0.4, -0.2) is 62.7 Å². The van der Waals surface area contributed by atoms with Crippen LogP contribution in [0, 0.1) is 0 Å². The first-order chi connectivity index (χ1) is 6.72. The SMILES string of the molecule is COC(=O)CN(C)CCN1CCCC1. The van der Waals surface area contributed by atoms with E-state index in [1.54, 1.807) is 0 Å². The maximum atomic E-state index is 10.9. The lowest BCUT2D eigenvalue weighted by Crippen LogP contribution is -2.34. The van der Waals surface area contributed by atoms with E-state index < -0.39 is 0 Å². The van der Waals surface area contributed by atoms with E-state index in [1.165, 1.54) is 33.0 Å². The van der Waals surface area contributed by atoms with E-state index in [4.69, 9.17) is 0 Å². The first kappa shape index (κ1) is 11.5. The molecule has 1 saturated heterocycles. The molecule has 1 rings (SSSR count). The molecule has 0 atom stereocenters. The van der Waals surface area contributed by atoms with E-state index in [2.05, 4.69) is 9.64 Å². The normalized spacial score (nSPS) is 17.6. The van der Waals surface area contributed by atoms with Crippen LogP contribution >= 0.6 is 0 Å². The van der Waals surface area contributed by atoms with Crippen molar-refractivity contribution in [2.45, 2.75) is 12.8 Å². The van der Waals surface area contributed by atoms with Crippen molar-refractivity contribution in [1.82, 2.24) is 9.80 Å². The lowest BCUT2D eigenvalue weighted by atomic mass is 10.4. The van der Waals surface area contributed by atoms with Crippen molar-refractivity contribution < 1.29 is 9.53 Å². The summed E-state index contributed by atoms with van der Waals surface area (Å²) in [6.45, 7) is 4.82. The Morgan fingerprint density at radius 1 is 1.43 bits per heavy atom. The molecule has 0 aromatic heterocycles. The molecule has 0 N–H and O–H groups in total. The molecule has 0 bridgehead atoms. The quantitative estimate of drug-likeness (QED) is 0.593. The maximum absolute atomic E-state index is 10.9. The van der Waals surface area contributed by atoms with Gasteiger partial charge in [-0.1, -0.05) is 0 Å². The molecular formula is C10H20N2O2. The third-order valence-electron chi connectivity index (χ3n) is 2.62. The fourth-order valence-corrected chi connectivity index (χ4v) is 1.68. The minimum Gasteiger partial charge on any atom is -0.468 e. The molecule has 0 unspecified atom stereocenters. The summed E-state index contributed by atoms with van der Waals surface area (Å²) in [5, 5.41) is 0. The zero-order chi connectivity index (χ0) is 10.4. The summed E-state index contributed by atoms with van der Waals surface area (Å²) in [7, 11) is 3.38. The summed E-state index contributed by atoms with van der Waals surface area (Å²) in [5.74, 6) is -0.158. The van der Waals surface area contributed by atoms with Crippen molar-refractivity contribution >= 4 is 5.97 Å². The van der Waals surface area contributed by atoms with Crippen molar-refractivity contribution in [2.75, 3.05) is 46.9 Å². The average molecular weight is 200 g/mol. The predicted octanol–water partition coefficient (Wildman–Crippen LogP) is 0.187. The number of carbonyl (C=O) groups is 1. The van der Waals surface area contributed by atoms with E-state index in [9.17, 15) is 4.79 Å². The molecule has 82 valence electrons. The van der Waals surface area contributed by atoms with Crippen molar-refractivity contribution in [2.24, 2.45) is 0 Å². The molecule has 0 saturated carbocycles. The van der Waals surface area contributed by atoms with Crippen molar-refractivity contribution in [3.05, 3.63) is 0 Å². The number of rotatable bonds is 5. The molecule has 1 heterocycles. The van der Waals surface area contributed by atoms with Crippen LogP contribution in [0.2, 0.25) is 0 Å². The fraction of sp³-hybridized carbons (Fsp3) is 0.900. The van der Waals surface area contributed by atoms with E-state index in [1.807, 2.05) is 11.9 Å². The Labute approximate surface area is 85.8 Å². The topological polar surface area (TPSA) is 32.8 Å². The third-order valence-corrected chi connectivity index (χ3v) is 2.62. The van der Waals surface area contributed by atoms with Gasteiger partial charge in [0.25, 0.3) is 0 Å². The molecule has 0 aromatic rings. The van der Waals surface area contributed by atoms with Crippen LogP contribution in [0.25, 0.3) is 0 Å². The van der Waals surface area contributed by atoms with Crippen molar-refractivity contribution in [1.29, 1.82) is 0 Å². The highest BCUT2D eigenvalue weighted by molar-refractivity contribution is 5.71. The Bertz CT molecular complexity index is 179. The molecule has 0 aromatic carbocycles. The van der Waals surface area contributed by atoms with E-state index >= 15 is 0 Å². The number of methoxy groups -OCH3 is 1. The van der Waals surface area contributed by atoms with Gasteiger partial charge >= 0.3 is 5.97 Å². The second-order valence-corrected chi connectivity index (χ2v) is 3.86. The van der Waals surface area contributed by atoms with Crippen LogP contribution in [0.15, 0.2) is 0 Å². The highest BCUT2D eigenvalue weighted by atomic mass is 16.5. The Morgan fingerprint density at radius 2 is 2.07 bits per heavy atom. The molecule has 4 nitrogen and oxygen atoms in total. The zero-order valence-electron chi connectivity index (χ0n) is 9.16. The number of hydrogen-bond acceptors (Lipinski definition) is 4. The molecule has 0 spiro atoms. The minimum atomic E-state index is -0.158. The van der Waals surface area contributed by atoms with Gasteiger partial charge in [0.1, 0.15) is 0 Å². The largest absolute Gasteiger partial charge is 0.468 e. The summed E-state index contributed by atoms with van der Waals surface area (Å²) < 4.78 is 4.60. The summed E-state index contributed by atoms with van der Waals surface area (Å²) >= 11 is 0. The summed E-state index contributed by atoms with van der Waals surface area (Å²) in [6.07, 6.45) is 2.64. The molecule has 4 heteroatoms. The second-order valence-electron chi connectivity index (χ2n) is 3.86.